The van der Waals surface area contributed by atoms with Gasteiger partial charge < -0.3 is 4.74 Å². The monoisotopic (exact) mass is 296 g/mol. The molecule has 0 aliphatic heterocycles. The molecule has 5 heteroatoms. The summed E-state index contributed by atoms with van der Waals surface area (Å²) >= 11 is 2.92. The standard InChI is InChI=1S/C12H10O3S2.C2H6/c1-2-15-12(14)11(13)10-6-5-9(17-10)8-4-3-7-16-8;1-2/h3-7H,2H2,1H3;1-2H3. The number of hydrogen-bond acceptors (Lipinski definition) is 5. The van der Waals surface area contributed by atoms with Gasteiger partial charge in [-0.05, 0) is 30.5 Å². The van der Waals surface area contributed by atoms with Crippen molar-refractivity contribution in [2.45, 2.75) is 20.8 Å². The highest BCUT2D eigenvalue weighted by atomic mass is 32.1. The summed E-state index contributed by atoms with van der Waals surface area (Å²) in [6.45, 7) is 5.89. The molecule has 3 nitrogen and oxygen atoms in total. The van der Waals surface area contributed by atoms with Gasteiger partial charge in [-0.2, -0.15) is 0 Å². The van der Waals surface area contributed by atoms with E-state index in [0.29, 0.717) is 4.88 Å². The van der Waals surface area contributed by atoms with Gasteiger partial charge in [-0.3, -0.25) is 4.79 Å². The quantitative estimate of drug-likeness (QED) is 0.481. The van der Waals surface area contributed by atoms with Crippen molar-refractivity contribution < 1.29 is 14.3 Å². The van der Waals surface area contributed by atoms with E-state index in [0.717, 1.165) is 9.75 Å². The highest BCUT2D eigenvalue weighted by Crippen LogP contribution is 2.31. The summed E-state index contributed by atoms with van der Waals surface area (Å²) in [5.74, 6) is -1.35. The third kappa shape index (κ3) is 4.01. The third-order valence-corrected chi connectivity index (χ3v) is 4.20. The zero-order valence-electron chi connectivity index (χ0n) is 11.1. The van der Waals surface area contributed by atoms with E-state index in [-0.39, 0.29) is 6.61 Å². The van der Waals surface area contributed by atoms with Gasteiger partial charge in [0.05, 0.1) is 11.5 Å². The first-order valence-electron chi connectivity index (χ1n) is 6.07. The fourth-order valence-corrected chi connectivity index (χ4v) is 3.08. The van der Waals surface area contributed by atoms with Crippen LogP contribution in [0.25, 0.3) is 9.75 Å². The summed E-state index contributed by atoms with van der Waals surface area (Å²) in [5.41, 5.74) is 0. The van der Waals surface area contributed by atoms with Crippen molar-refractivity contribution in [3.8, 4) is 9.75 Å². The van der Waals surface area contributed by atoms with E-state index >= 15 is 0 Å². The molecule has 0 aliphatic carbocycles. The van der Waals surface area contributed by atoms with E-state index < -0.39 is 11.8 Å². The van der Waals surface area contributed by atoms with E-state index in [1.807, 2.05) is 37.4 Å². The number of ether oxygens (including phenoxy) is 1. The van der Waals surface area contributed by atoms with Crippen LogP contribution in [0.4, 0.5) is 0 Å². The van der Waals surface area contributed by atoms with E-state index in [2.05, 4.69) is 4.74 Å². The molecular weight excluding hydrogens is 280 g/mol. The van der Waals surface area contributed by atoms with E-state index in [9.17, 15) is 9.59 Å². The number of ketones is 1. The molecule has 0 bridgehead atoms. The molecule has 102 valence electrons. The maximum Gasteiger partial charge on any atom is 0.380 e. The van der Waals surface area contributed by atoms with Crippen molar-refractivity contribution in [2.75, 3.05) is 6.61 Å². The lowest BCUT2D eigenvalue weighted by molar-refractivity contribution is -0.137. The Labute approximate surface area is 120 Å². The zero-order chi connectivity index (χ0) is 14.3. The predicted molar refractivity (Wildman–Crippen MR) is 79.9 cm³/mol. The Balaban J connectivity index is 0.000000861. The van der Waals surface area contributed by atoms with Crippen LogP contribution in [0.1, 0.15) is 30.4 Å². The smallest absolute Gasteiger partial charge is 0.380 e. The predicted octanol–water partition coefficient (Wildman–Crippen LogP) is 4.25. The summed E-state index contributed by atoms with van der Waals surface area (Å²) in [7, 11) is 0. The van der Waals surface area contributed by atoms with Crippen molar-refractivity contribution in [3.63, 3.8) is 0 Å². The van der Waals surface area contributed by atoms with Crippen LogP contribution in [-0.2, 0) is 9.53 Å². The van der Waals surface area contributed by atoms with Crippen molar-refractivity contribution in [1.82, 2.24) is 0 Å². The third-order valence-electron chi connectivity index (χ3n) is 2.05. The highest BCUT2D eigenvalue weighted by molar-refractivity contribution is 7.22. The molecule has 0 amide bonds. The molecule has 0 unspecified atom stereocenters. The van der Waals surface area contributed by atoms with Gasteiger partial charge in [-0.1, -0.05) is 19.9 Å². The van der Waals surface area contributed by atoms with Crippen molar-refractivity contribution in [1.29, 1.82) is 0 Å². The van der Waals surface area contributed by atoms with Gasteiger partial charge in [0.2, 0.25) is 0 Å². The van der Waals surface area contributed by atoms with Gasteiger partial charge in [-0.25, -0.2) is 4.79 Å². The first-order valence-corrected chi connectivity index (χ1v) is 7.77. The number of Topliss-reactive ketones (excluding diaryl/α,β-unsaturated/α-hetero) is 1. The SMILES string of the molecule is CC.CCOC(=O)C(=O)c1ccc(-c2cccs2)s1. The maximum atomic E-state index is 11.7. The second kappa shape index (κ2) is 7.86. The molecule has 0 atom stereocenters. The molecule has 0 aromatic carbocycles. The molecule has 0 fully saturated rings. The summed E-state index contributed by atoms with van der Waals surface area (Å²) in [6.07, 6.45) is 0. The van der Waals surface area contributed by atoms with Gasteiger partial charge in [0.15, 0.2) is 0 Å². The summed E-state index contributed by atoms with van der Waals surface area (Å²) < 4.78 is 4.68. The largest absolute Gasteiger partial charge is 0.460 e. The number of esters is 1. The minimum atomic E-state index is -0.785. The van der Waals surface area contributed by atoms with Crippen LogP contribution < -0.4 is 0 Å². The van der Waals surface area contributed by atoms with Gasteiger partial charge in [0.25, 0.3) is 5.78 Å². The molecule has 2 rings (SSSR count). The first kappa shape index (κ1) is 15.6. The minimum Gasteiger partial charge on any atom is -0.460 e. The van der Waals surface area contributed by atoms with Crippen LogP contribution in [0.15, 0.2) is 29.6 Å². The van der Waals surface area contributed by atoms with Crippen LogP contribution in [0.3, 0.4) is 0 Å². The second-order valence-corrected chi connectivity index (χ2v) is 5.22. The van der Waals surface area contributed by atoms with E-state index in [1.54, 1.807) is 24.3 Å². The average molecular weight is 296 g/mol. The topological polar surface area (TPSA) is 43.4 Å². The zero-order valence-corrected chi connectivity index (χ0v) is 12.8. The normalized spacial score (nSPS) is 9.42. The van der Waals surface area contributed by atoms with Crippen LogP contribution in [0.5, 0.6) is 0 Å². The molecule has 19 heavy (non-hydrogen) atoms. The van der Waals surface area contributed by atoms with Gasteiger partial charge in [0, 0.05) is 9.75 Å². The Morgan fingerprint density at radius 3 is 2.47 bits per heavy atom. The number of rotatable bonds is 4. The molecule has 0 spiro atoms. The van der Waals surface area contributed by atoms with E-state index in [4.69, 9.17) is 0 Å². The maximum absolute atomic E-state index is 11.7. The van der Waals surface area contributed by atoms with Crippen molar-refractivity contribution >= 4 is 34.4 Å². The molecular formula is C14H16O3S2. The van der Waals surface area contributed by atoms with Gasteiger partial charge in [0.1, 0.15) is 0 Å². The molecule has 0 saturated carbocycles. The summed E-state index contributed by atoms with van der Waals surface area (Å²) in [4.78, 5) is 25.4. The lowest BCUT2D eigenvalue weighted by atomic mass is 10.3. The molecule has 2 aromatic rings. The highest BCUT2D eigenvalue weighted by Gasteiger charge is 2.19. The fourth-order valence-electron chi connectivity index (χ4n) is 1.31. The summed E-state index contributed by atoms with van der Waals surface area (Å²) in [5, 5.41) is 1.97. The molecule has 0 aliphatic rings. The second-order valence-electron chi connectivity index (χ2n) is 3.19. The Kier molecular flexibility index (Phi) is 6.45. The Bertz CT molecular complexity index is 527. The van der Waals surface area contributed by atoms with Gasteiger partial charge >= 0.3 is 5.97 Å². The van der Waals surface area contributed by atoms with Crippen LogP contribution >= 0.6 is 22.7 Å². The van der Waals surface area contributed by atoms with Crippen molar-refractivity contribution in [3.05, 3.63) is 34.5 Å². The Hall–Kier alpha value is -1.46. The molecule has 2 heterocycles. The Morgan fingerprint density at radius 1 is 1.16 bits per heavy atom. The van der Waals surface area contributed by atoms with Crippen LogP contribution in [0.2, 0.25) is 0 Å². The van der Waals surface area contributed by atoms with Crippen LogP contribution in [0, 0.1) is 0 Å². The molecule has 0 saturated heterocycles. The lowest BCUT2D eigenvalue weighted by Gasteiger charge is -1.97. The average Bonchev–Trinajstić information content (AvgIpc) is 3.11. The minimum absolute atomic E-state index is 0.216. The first-order chi connectivity index (χ1) is 9.22. The number of carbonyl (C=O) groups is 2. The molecule has 0 radical (unpaired) electrons. The number of hydrogen-bond donors (Lipinski definition) is 0. The number of carbonyl (C=O) groups excluding carboxylic acids is 2. The van der Waals surface area contributed by atoms with Crippen LogP contribution in [-0.4, -0.2) is 18.4 Å². The number of thiophene rings is 2. The molecule has 2 aromatic heterocycles. The molecule has 0 N–H and O–H groups in total. The fraction of sp³-hybridized carbons (Fsp3) is 0.286. The lowest BCUT2D eigenvalue weighted by Crippen LogP contribution is -2.16. The Morgan fingerprint density at radius 2 is 1.89 bits per heavy atom. The van der Waals surface area contributed by atoms with Crippen molar-refractivity contribution in [2.24, 2.45) is 0 Å². The summed E-state index contributed by atoms with van der Waals surface area (Å²) in [6, 6.07) is 7.45. The van der Waals surface area contributed by atoms with E-state index in [1.165, 1.54) is 11.3 Å². The van der Waals surface area contributed by atoms with Gasteiger partial charge in [-0.15, -0.1) is 22.7 Å².